The molecule has 6 heteroatoms. The number of benzene rings is 1. The average molecular weight is 493 g/mol. The summed E-state index contributed by atoms with van der Waals surface area (Å²) in [6.45, 7) is 7.98. The van der Waals surface area contributed by atoms with E-state index < -0.39 is 10.1 Å². The monoisotopic (exact) mass is 493 g/mol. The first-order valence-corrected chi connectivity index (χ1v) is 9.11. The molecule has 102 valence electrons. The lowest BCUT2D eigenvalue weighted by molar-refractivity contribution is 0.461. The van der Waals surface area contributed by atoms with Crippen molar-refractivity contribution in [3.63, 3.8) is 0 Å². The zero-order chi connectivity index (χ0) is 14.2. The van der Waals surface area contributed by atoms with Crippen molar-refractivity contribution >= 4 is 55.3 Å². The molecule has 1 rings (SSSR count). The van der Waals surface area contributed by atoms with Crippen LogP contribution < -0.4 is 0 Å². The molecule has 0 amide bonds. The highest BCUT2D eigenvalue weighted by molar-refractivity contribution is 14.1. The third-order valence-corrected chi connectivity index (χ3v) is 6.68. The quantitative estimate of drug-likeness (QED) is 0.472. The largest absolute Gasteiger partial charge is 0.744 e. The first-order valence-electron chi connectivity index (χ1n) is 5.55. The van der Waals surface area contributed by atoms with Gasteiger partial charge in [0, 0.05) is 7.14 Å². The first-order chi connectivity index (χ1) is 8.07. The van der Waals surface area contributed by atoms with Crippen molar-refractivity contribution in [2.24, 2.45) is 0 Å². The van der Waals surface area contributed by atoms with Crippen LogP contribution in [0, 0.1) is 7.14 Å². The molecular formula is C12H15I2O3S-. The van der Waals surface area contributed by atoms with Crippen molar-refractivity contribution in [2.75, 3.05) is 0 Å². The van der Waals surface area contributed by atoms with Gasteiger partial charge in [0.2, 0.25) is 0 Å². The van der Waals surface area contributed by atoms with Crippen LogP contribution in [0.1, 0.15) is 50.7 Å². The zero-order valence-corrected chi connectivity index (χ0v) is 15.8. The highest BCUT2D eigenvalue weighted by Gasteiger charge is 2.21. The minimum absolute atomic E-state index is 0.0569. The van der Waals surface area contributed by atoms with Crippen molar-refractivity contribution in [1.82, 2.24) is 0 Å². The van der Waals surface area contributed by atoms with Gasteiger partial charge in [-0.2, -0.15) is 0 Å². The van der Waals surface area contributed by atoms with Crippen LogP contribution in [-0.4, -0.2) is 13.0 Å². The maximum absolute atomic E-state index is 11.5. The Morgan fingerprint density at radius 2 is 1.33 bits per heavy atom. The van der Waals surface area contributed by atoms with E-state index in [2.05, 4.69) is 0 Å². The maximum Gasteiger partial charge on any atom is 0.126 e. The van der Waals surface area contributed by atoms with Crippen molar-refractivity contribution in [3.05, 3.63) is 24.3 Å². The Hall–Kier alpha value is 0.590. The van der Waals surface area contributed by atoms with Crippen LogP contribution in [-0.2, 0) is 10.1 Å². The van der Waals surface area contributed by atoms with Crippen molar-refractivity contribution in [2.45, 2.75) is 44.4 Å². The summed E-state index contributed by atoms with van der Waals surface area (Å²) < 4.78 is 35.5. The summed E-state index contributed by atoms with van der Waals surface area (Å²) in [5, 5.41) is 0. The third kappa shape index (κ3) is 3.37. The molecule has 0 aromatic heterocycles. The smallest absolute Gasteiger partial charge is 0.126 e. The lowest BCUT2D eigenvalue weighted by Gasteiger charge is -2.21. The number of halogens is 2. The molecule has 0 aliphatic heterocycles. The minimum atomic E-state index is -4.44. The van der Waals surface area contributed by atoms with Crippen LogP contribution >= 0.6 is 45.2 Å². The molecule has 0 saturated carbocycles. The summed E-state index contributed by atoms with van der Waals surface area (Å²) in [6.07, 6.45) is 0. The van der Waals surface area contributed by atoms with E-state index in [0.29, 0.717) is 7.14 Å². The lowest BCUT2D eigenvalue weighted by Crippen LogP contribution is -2.11. The molecule has 0 atom stereocenters. The Bertz CT molecular complexity index is 531. The molecule has 1 aromatic carbocycles. The summed E-state index contributed by atoms with van der Waals surface area (Å²) in [6, 6.07) is 2.02. The Morgan fingerprint density at radius 1 is 1.00 bits per heavy atom. The normalized spacial score (nSPS) is 12.5. The zero-order valence-electron chi connectivity index (χ0n) is 10.6. The molecule has 0 N–H and O–H groups in total. The Balaban J connectivity index is 3.80. The van der Waals surface area contributed by atoms with Gasteiger partial charge in [0.25, 0.3) is 0 Å². The highest BCUT2D eigenvalue weighted by atomic mass is 127. The molecule has 18 heavy (non-hydrogen) atoms. The predicted octanol–water partition coefficient (Wildman–Crippen LogP) is 4.05. The maximum atomic E-state index is 11.5. The topological polar surface area (TPSA) is 57.2 Å². The van der Waals surface area contributed by atoms with Crippen LogP contribution in [0.4, 0.5) is 0 Å². The second-order valence-corrected chi connectivity index (χ2v) is 8.25. The Morgan fingerprint density at radius 3 is 1.56 bits per heavy atom. The molecule has 0 aliphatic rings. The van der Waals surface area contributed by atoms with E-state index in [1.165, 1.54) is 0 Å². The van der Waals surface area contributed by atoms with E-state index in [0.717, 1.165) is 11.1 Å². The minimum Gasteiger partial charge on any atom is -0.744 e. The van der Waals surface area contributed by atoms with Crippen LogP contribution in [0.3, 0.4) is 0 Å². The van der Waals surface area contributed by atoms with Crippen LogP contribution in [0.5, 0.6) is 0 Å². The van der Waals surface area contributed by atoms with Gasteiger partial charge in [0.15, 0.2) is 0 Å². The fourth-order valence-electron chi connectivity index (χ4n) is 1.71. The van der Waals surface area contributed by atoms with E-state index in [1.54, 1.807) is 0 Å². The average Bonchev–Trinajstić information content (AvgIpc) is 2.13. The van der Waals surface area contributed by atoms with Crippen LogP contribution in [0.15, 0.2) is 11.0 Å². The molecule has 0 unspecified atom stereocenters. The fraction of sp³-hybridized carbons (Fsp3) is 0.500. The van der Waals surface area contributed by atoms with Crippen molar-refractivity contribution in [3.8, 4) is 0 Å². The number of hydrogen-bond donors (Lipinski definition) is 0. The number of hydrogen-bond acceptors (Lipinski definition) is 3. The van der Waals surface area contributed by atoms with Gasteiger partial charge >= 0.3 is 0 Å². The van der Waals surface area contributed by atoms with Gasteiger partial charge in [0.05, 0.1) is 4.90 Å². The van der Waals surface area contributed by atoms with E-state index in [4.69, 9.17) is 0 Å². The summed E-state index contributed by atoms with van der Waals surface area (Å²) in [5.41, 5.74) is 1.85. The molecule has 1 aromatic rings. The SMILES string of the molecule is CC(C)c1cc(C(C)C)c(I)c(S(=O)(=O)[O-])c1I. The van der Waals surface area contributed by atoms with E-state index in [9.17, 15) is 13.0 Å². The molecule has 0 radical (unpaired) electrons. The first kappa shape index (κ1) is 16.6. The van der Waals surface area contributed by atoms with Gasteiger partial charge in [0.1, 0.15) is 10.1 Å². The lowest BCUT2D eigenvalue weighted by atomic mass is 9.96. The molecule has 0 saturated heterocycles. The Kier molecular flexibility index (Phi) is 5.48. The van der Waals surface area contributed by atoms with Gasteiger partial charge in [-0.3, -0.25) is 0 Å². The van der Waals surface area contributed by atoms with E-state index >= 15 is 0 Å². The molecule has 0 heterocycles. The summed E-state index contributed by atoms with van der Waals surface area (Å²) in [4.78, 5) is -0.0569. The van der Waals surface area contributed by atoms with Crippen molar-refractivity contribution < 1.29 is 13.0 Å². The number of rotatable bonds is 3. The molecular weight excluding hydrogens is 478 g/mol. The second kappa shape index (κ2) is 5.92. The van der Waals surface area contributed by atoms with Gasteiger partial charge in [-0.1, -0.05) is 33.8 Å². The molecule has 0 bridgehead atoms. The predicted molar refractivity (Wildman–Crippen MR) is 88.0 cm³/mol. The van der Waals surface area contributed by atoms with Crippen molar-refractivity contribution in [1.29, 1.82) is 0 Å². The van der Waals surface area contributed by atoms with Gasteiger partial charge < -0.3 is 4.55 Å². The molecule has 0 fully saturated rings. The van der Waals surface area contributed by atoms with Gasteiger partial charge in [-0.15, -0.1) is 0 Å². The van der Waals surface area contributed by atoms with Crippen LogP contribution in [0.25, 0.3) is 0 Å². The summed E-state index contributed by atoms with van der Waals surface area (Å²) in [5.74, 6) is 0.374. The van der Waals surface area contributed by atoms with Crippen LogP contribution in [0.2, 0.25) is 0 Å². The fourth-order valence-corrected chi connectivity index (χ4v) is 6.62. The molecule has 3 nitrogen and oxygen atoms in total. The van der Waals surface area contributed by atoms with Gasteiger partial charge in [-0.25, -0.2) is 8.42 Å². The summed E-state index contributed by atoms with van der Waals surface area (Å²) in [7, 11) is -4.44. The standard InChI is InChI=1S/C12H16I2O3S/c1-6(2)8-5-9(7(3)4)11(14)12(10(8)13)18(15,16)17/h5-7H,1-4H3,(H,15,16,17)/p-1. The Labute approximate surface area is 136 Å². The second-order valence-electron chi connectivity index (χ2n) is 4.78. The van der Waals surface area contributed by atoms with E-state index in [-0.39, 0.29) is 16.7 Å². The molecule has 0 spiro atoms. The molecule has 0 aliphatic carbocycles. The summed E-state index contributed by atoms with van der Waals surface area (Å²) >= 11 is 3.93. The van der Waals surface area contributed by atoms with Gasteiger partial charge in [-0.05, 0) is 68.1 Å². The highest BCUT2D eigenvalue weighted by Crippen LogP contribution is 2.36. The van der Waals surface area contributed by atoms with E-state index in [1.807, 2.05) is 78.9 Å². The third-order valence-electron chi connectivity index (χ3n) is 2.71.